The summed E-state index contributed by atoms with van der Waals surface area (Å²) in [5.41, 5.74) is 1.58. The van der Waals surface area contributed by atoms with Crippen LogP contribution in [0.3, 0.4) is 0 Å². The number of likely N-dealkylation sites (tertiary alicyclic amines) is 1. The number of imidazole rings is 1. The maximum atomic E-state index is 12.1. The highest BCUT2D eigenvalue weighted by Gasteiger charge is 2.24. The Bertz CT molecular complexity index is 646. The molecule has 1 aliphatic heterocycles. The molecule has 2 heterocycles. The third-order valence-corrected chi connectivity index (χ3v) is 4.37. The largest absolute Gasteiger partial charge is 0.326 e. The molecule has 5 heteroatoms. The second kappa shape index (κ2) is 5.02. The SMILES string of the molecule is CCN1CCCC1Cn1c(=O)[nH]c2c(Cl)cccc21. The van der Waals surface area contributed by atoms with Crippen molar-refractivity contribution in [3.63, 3.8) is 0 Å². The van der Waals surface area contributed by atoms with Crippen molar-refractivity contribution in [2.45, 2.75) is 32.4 Å². The van der Waals surface area contributed by atoms with Crippen LogP contribution in [0.15, 0.2) is 23.0 Å². The van der Waals surface area contributed by atoms with Crippen LogP contribution in [0.1, 0.15) is 19.8 Å². The van der Waals surface area contributed by atoms with Gasteiger partial charge in [-0.05, 0) is 38.1 Å². The summed E-state index contributed by atoms with van der Waals surface area (Å²) < 4.78 is 1.82. The van der Waals surface area contributed by atoms with Gasteiger partial charge in [-0.1, -0.05) is 24.6 Å². The summed E-state index contributed by atoms with van der Waals surface area (Å²) in [6.07, 6.45) is 2.38. The van der Waals surface area contributed by atoms with Crippen molar-refractivity contribution in [3.8, 4) is 0 Å². The van der Waals surface area contributed by atoms with E-state index in [1.807, 2.05) is 16.7 Å². The predicted octanol–water partition coefficient (Wildman–Crippen LogP) is 2.47. The Morgan fingerprint density at radius 2 is 2.32 bits per heavy atom. The smallest absolute Gasteiger partial charge is 0.304 e. The monoisotopic (exact) mass is 279 g/mol. The van der Waals surface area contributed by atoms with Crippen LogP contribution in [0.2, 0.25) is 5.02 Å². The molecule has 1 unspecified atom stereocenters. The van der Waals surface area contributed by atoms with Gasteiger partial charge >= 0.3 is 5.69 Å². The summed E-state index contributed by atoms with van der Waals surface area (Å²) in [5.74, 6) is 0. The average Bonchev–Trinajstić information content (AvgIpc) is 2.97. The normalized spacial score (nSPS) is 20.4. The average molecular weight is 280 g/mol. The third-order valence-electron chi connectivity index (χ3n) is 4.06. The molecule has 0 spiro atoms. The molecule has 1 atom stereocenters. The summed E-state index contributed by atoms with van der Waals surface area (Å²) >= 11 is 6.12. The third kappa shape index (κ3) is 2.19. The molecule has 2 aromatic rings. The maximum Gasteiger partial charge on any atom is 0.326 e. The van der Waals surface area contributed by atoms with E-state index in [0.29, 0.717) is 11.1 Å². The first-order valence-corrected chi connectivity index (χ1v) is 7.19. The summed E-state index contributed by atoms with van der Waals surface area (Å²) in [6.45, 7) is 5.10. The summed E-state index contributed by atoms with van der Waals surface area (Å²) in [7, 11) is 0. The fourth-order valence-electron chi connectivity index (χ4n) is 3.06. The molecule has 1 N–H and O–H groups in total. The van der Waals surface area contributed by atoms with Crippen molar-refractivity contribution in [2.75, 3.05) is 13.1 Å². The highest BCUT2D eigenvalue weighted by Crippen LogP contribution is 2.23. The number of hydrogen-bond acceptors (Lipinski definition) is 2. The van der Waals surface area contributed by atoms with Crippen molar-refractivity contribution < 1.29 is 0 Å². The van der Waals surface area contributed by atoms with Gasteiger partial charge in [0.1, 0.15) is 0 Å². The minimum Gasteiger partial charge on any atom is -0.304 e. The fraction of sp³-hybridized carbons (Fsp3) is 0.500. The topological polar surface area (TPSA) is 41.0 Å². The van der Waals surface area contributed by atoms with Crippen LogP contribution in [0.25, 0.3) is 11.0 Å². The van der Waals surface area contributed by atoms with E-state index >= 15 is 0 Å². The van der Waals surface area contributed by atoms with Gasteiger partial charge in [0, 0.05) is 12.6 Å². The highest BCUT2D eigenvalue weighted by atomic mass is 35.5. The molecule has 1 fully saturated rings. The van der Waals surface area contributed by atoms with E-state index < -0.39 is 0 Å². The van der Waals surface area contributed by atoms with Crippen LogP contribution in [0.4, 0.5) is 0 Å². The first-order valence-electron chi connectivity index (χ1n) is 6.81. The van der Waals surface area contributed by atoms with E-state index in [9.17, 15) is 4.79 Å². The van der Waals surface area contributed by atoms with Crippen LogP contribution in [0.5, 0.6) is 0 Å². The summed E-state index contributed by atoms with van der Waals surface area (Å²) in [4.78, 5) is 17.4. The number of H-pyrrole nitrogens is 1. The molecule has 0 aliphatic carbocycles. The molecule has 102 valence electrons. The maximum absolute atomic E-state index is 12.1. The second-order valence-electron chi connectivity index (χ2n) is 5.10. The number of nitrogens with zero attached hydrogens (tertiary/aromatic N) is 2. The molecule has 1 aliphatic rings. The number of benzene rings is 1. The number of aromatic nitrogens is 2. The zero-order valence-corrected chi connectivity index (χ0v) is 11.8. The fourth-order valence-corrected chi connectivity index (χ4v) is 3.27. The Morgan fingerprint density at radius 3 is 3.11 bits per heavy atom. The molecule has 19 heavy (non-hydrogen) atoms. The number of aromatic amines is 1. The van der Waals surface area contributed by atoms with Crippen LogP contribution >= 0.6 is 11.6 Å². The molecule has 3 rings (SSSR count). The zero-order chi connectivity index (χ0) is 13.4. The van der Waals surface area contributed by atoms with Crippen LogP contribution < -0.4 is 5.69 Å². The van der Waals surface area contributed by atoms with Gasteiger partial charge < -0.3 is 4.98 Å². The molecule has 0 radical (unpaired) electrons. The molecule has 1 aromatic heterocycles. The van der Waals surface area contributed by atoms with Gasteiger partial charge in [0.05, 0.1) is 16.1 Å². The molecule has 4 nitrogen and oxygen atoms in total. The first-order chi connectivity index (χ1) is 9.20. The summed E-state index contributed by atoms with van der Waals surface area (Å²) in [5, 5.41) is 0.604. The Balaban J connectivity index is 1.99. The van der Waals surface area contributed by atoms with Gasteiger partial charge in [0.15, 0.2) is 0 Å². The number of likely N-dealkylation sites (N-methyl/N-ethyl adjacent to an activating group) is 1. The minimum absolute atomic E-state index is 0.0638. The molecule has 0 saturated carbocycles. The highest BCUT2D eigenvalue weighted by molar-refractivity contribution is 6.34. The molecular formula is C14H18ClN3O. The van der Waals surface area contributed by atoms with Gasteiger partial charge in [-0.25, -0.2) is 4.79 Å². The van der Waals surface area contributed by atoms with E-state index in [0.717, 1.165) is 37.1 Å². The lowest BCUT2D eigenvalue weighted by Crippen LogP contribution is -2.35. The van der Waals surface area contributed by atoms with Crippen molar-refractivity contribution in [3.05, 3.63) is 33.7 Å². The number of para-hydroxylation sites is 1. The van der Waals surface area contributed by atoms with E-state index in [-0.39, 0.29) is 5.69 Å². The zero-order valence-electron chi connectivity index (χ0n) is 11.0. The Morgan fingerprint density at radius 1 is 1.47 bits per heavy atom. The van der Waals surface area contributed by atoms with Crippen molar-refractivity contribution in [1.29, 1.82) is 0 Å². The van der Waals surface area contributed by atoms with E-state index in [4.69, 9.17) is 11.6 Å². The predicted molar refractivity (Wildman–Crippen MR) is 77.8 cm³/mol. The molecule has 0 amide bonds. The number of fused-ring (bicyclic) bond motifs is 1. The molecular weight excluding hydrogens is 262 g/mol. The molecule has 1 saturated heterocycles. The molecule has 0 bridgehead atoms. The van der Waals surface area contributed by atoms with Crippen LogP contribution in [0, 0.1) is 0 Å². The lowest BCUT2D eigenvalue weighted by Gasteiger charge is -2.22. The number of halogens is 1. The number of hydrogen-bond donors (Lipinski definition) is 1. The van der Waals surface area contributed by atoms with Crippen molar-refractivity contribution >= 4 is 22.6 Å². The van der Waals surface area contributed by atoms with E-state index in [2.05, 4.69) is 16.8 Å². The number of nitrogens with one attached hydrogen (secondary N) is 1. The standard InChI is InChI=1S/C14H18ClN3O/c1-2-17-8-4-5-10(17)9-18-12-7-3-6-11(15)13(12)16-14(18)19/h3,6-7,10H,2,4-5,8-9H2,1H3,(H,16,19). The van der Waals surface area contributed by atoms with Gasteiger partial charge in [-0.15, -0.1) is 0 Å². The van der Waals surface area contributed by atoms with E-state index in [1.165, 1.54) is 6.42 Å². The minimum atomic E-state index is -0.0638. The number of rotatable bonds is 3. The van der Waals surface area contributed by atoms with Crippen LogP contribution in [-0.2, 0) is 6.54 Å². The second-order valence-corrected chi connectivity index (χ2v) is 5.51. The quantitative estimate of drug-likeness (QED) is 0.938. The van der Waals surface area contributed by atoms with E-state index in [1.54, 1.807) is 6.07 Å². The summed E-state index contributed by atoms with van der Waals surface area (Å²) in [6, 6.07) is 6.10. The van der Waals surface area contributed by atoms with Gasteiger partial charge in [-0.2, -0.15) is 0 Å². The first kappa shape index (κ1) is 12.8. The Hall–Kier alpha value is -1.26. The van der Waals surface area contributed by atoms with Gasteiger partial charge in [-0.3, -0.25) is 9.47 Å². The Labute approximate surface area is 117 Å². The lowest BCUT2D eigenvalue weighted by atomic mass is 10.2. The van der Waals surface area contributed by atoms with Gasteiger partial charge in [0.25, 0.3) is 0 Å². The van der Waals surface area contributed by atoms with Crippen molar-refractivity contribution in [1.82, 2.24) is 14.5 Å². The van der Waals surface area contributed by atoms with Gasteiger partial charge in [0.2, 0.25) is 0 Å². The molecule has 1 aromatic carbocycles. The Kier molecular flexibility index (Phi) is 3.37. The van der Waals surface area contributed by atoms with Crippen LogP contribution in [-0.4, -0.2) is 33.6 Å². The lowest BCUT2D eigenvalue weighted by molar-refractivity contribution is 0.244. The van der Waals surface area contributed by atoms with Crippen molar-refractivity contribution in [2.24, 2.45) is 0 Å².